The highest BCUT2D eigenvalue weighted by molar-refractivity contribution is 7.89. The molecule has 1 aromatic carbocycles. The van der Waals surface area contributed by atoms with E-state index < -0.39 is 20.6 Å². The number of nitro benzene ring substituents is 1. The van der Waals surface area contributed by atoms with Crippen molar-refractivity contribution in [2.75, 3.05) is 12.3 Å². The number of nitrogens with zero attached hydrogens (tertiary/aromatic N) is 2. The van der Waals surface area contributed by atoms with E-state index in [1.54, 1.807) is 0 Å². The van der Waals surface area contributed by atoms with Gasteiger partial charge < -0.3 is 5.73 Å². The third-order valence-corrected chi connectivity index (χ3v) is 5.18. The van der Waals surface area contributed by atoms with Crippen molar-refractivity contribution in [2.45, 2.75) is 37.1 Å². The molecule has 8 heteroatoms. The zero-order valence-corrected chi connectivity index (χ0v) is 12.0. The number of para-hydroxylation sites is 1. The Morgan fingerprint density at radius 3 is 2.60 bits per heavy atom. The largest absolute Gasteiger partial charge is 0.393 e. The van der Waals surface area contributed by atoms with Crippen LogP contribution >= 0.6 is 0 Å². The summed E-state index contributed by atoms with van der Waals surface area (Å²) in [4.78, 5) is 10.0. The Morgan fingerprint density at radius 2 is 2.10 bits per heavy atom. The first-order chi connectivity index (χ1) is 9.39. The van der Waals surface area contributed by atoms with E-state index in [-0.39, 0.29) is 16.6 Å². The topological polar surface area (TPSA) is 107 Å². The van der Waals surface area contributed by atoms with Crippen molar-refractivity contribution >= 4 is 21.4 Å². The van der Waals surface area contributed by atoms with Gasteiger partial charge in [-0.1, -0.05) is 13.0 Å². The van der Waals surface area contributed by atoms with Crippen LogP contribution in [0.25, 0.3) is 0 Å². The molecule has 1 fully saturated rings. The van der Waals surface area contributed by atoms with Gasteiger partial charge in [0.15, 0.2) is 4.90 Å². The first-order valence-electron chi connectivity index (χ1n) is 6.44. The third kappa shape index (κ3) is 2.61. The number of hydrogen-bond acceptors (Lipinski definition) is 5. The molecule has 0 saturated heterocycles. The molecule has 1 saturated carbocycles. The van der Waals surface area contributed by atoms with E-state index in [2.05, 4.69) is 0 Å². The average molecular weight is 299 g/mol. The summed E-state index contributed by atoms with van der Waals surface area (Å²) in [6.07, 6.45) is 2.26. The summed E-state index contributed by atoms with van der Waals surface area (Å²) in [5, 5.41) is 11.1. The van der Waals surface area contributed by atoms with Crippen molar-refractivity contribution in [2.24, 2.45) is 0 Å². The third-order valence-electron chi connectivity index (χ3n) is 3.20. The van der Waals surface area contributed by atoms with Crippen molar-refractivity contribution in [3.8, 4) is 0 Å². The van der Waals surface area contributed by atoms with E-state index in [0.29, 0.717) is 13.0 Å². The molecule has 0 atom stereocenters. The van der Waals surface area contributed by atoms with E-state index in [4.69, 9.17) is 5.73 Å². The molecule has 1 aliphatic rings. The number of nitro groups is 1. The van der Waals surface area contributed by atoms with Gasteiger partial charge in [0.2, 0.25) is 10.0 Å². The van der Waals surface area contributed by atoms with Crippen LogP contribution in [0.4, 0.5) is 11.4 Å². The van der Waals surface area contributed by atoms with Crippen molar-refractivity contribution in [1.82, 2.24) is 4.31 Å². The van der Waals surface area contributed by atoms with Gasteiger partial charge in [0.05, 0.1) is 4.92 Å². The van der Waals surface area contributed by atoms with Crippen molar-refractivity contribution in [3.63, 3.8) is 0 Å². The van der Waals surface area contributed by atoms with Crippen LogP contribution in [0.3, 0.4) is 0 Å². The van der Waals surface area contributed by atoms with Gasteiger partial charge in [-0.2, -0.15) is 4.31 Å². The molecule has 110 valence electrons. The Bertz CT molecular complexity index is 626. The van der Waals surface area contributed by atoms with Gasteiger partial charge in [-0.05, 0) is 31.4 Å². The lowest BCUT2D eigenvalue weighted by atomic mass is 10.3. The number of benzene rings is 1. The number of rotatable bonds is 6. The molecule has 1 aromatic rings. The molecule has 0 unspecified atom stereocenters. The molecule has 0 spiro atoms. The van der Waals surface area contributed by atoms with Crippen molar-refractivity contribution < 1.29 is 13.3 Å². The molecule has 0 heterocycles. The minimum Gasteiger partial charge on any atom is -0.393 e. The van der Waals surface area contributed by atoms with Crippen LogP contribution in [0.1, 0.15) is 26.2 Å². The van der Waals surface area contributed by atoms with Crippen molar-refractivity contribution in [1.29, 1.82) is 0 Å². The second kappa shape index (κ2) is 5.37. The zero-order chi connectivity index (χ0) is 14.9. The minimum atomic E-state index is -3.89. The van der Waals surface area contributed by atoms with Gasteiger partial charge in [0, 0.05) is 12.6 Å². The normalized spacial score (nSPS) is 15.5. The molecular weight excluding hydrogens is 282 g/mol. The van der Waals surface area contributed by atoms with Crippen LogP contribution in [0, 0.1) is 10.1 Å². The molecule has 1 aliphatic carbocycles. The molecule has 7 nitrogen and oxygen atoms in total. The molecule has 0 aliphatic heterocycles. The summed E-state index contributed by atoms with van der Waals surface area (Å²) in [5.41, 5.74) is 4.89. The van der Waals surface area contributed by atoms with E-state index in [1.807, 2.05) is 6.92 Å². The molecule has 2 N–H and O–H groups in total. The second-order valence-corrected chi connectivity index (χ2v) is 6.66. The Hall–Kier alpha value is -1.67. The van der Waals surface area contributed by atoms with Crippen LogP contribution in [0.15, 0.2) is 23.1 Å². The number of sulfonamides is 1. The zero-order valence-electron chi connectivity index (χ0n) is 11.2. The first-order valence-corrected chi connectivity index (χ1v) is 7.88. The maximum absolute atomic E-state index is 12.6. The lowest BCUT2D eigenvalue weighted by molar-refractivity contribution is -0.386. The summed E-state index contributed by atoms with van der Waals surface area (Å²) in [6.45, 7) is 2.23. The molecule has 0 bridgehead atoms. The predicted octanol–water partition coefficient (Wildman–Crippen LogP) is 1.74. The fourth-order valence-corrected chi connectivity index (χ4v) is 4.12. The van der Waals surface area contributed by atoms with Crippen LogP contribution in [0.2, 0.25) is 0 Å². The number of nitrogen functional groups attached to an aromatic ring is 1. The van der Waals surface area contributed by atoms with Gasteiger partial charge in [0.1, 0.15) is 5.69 Å². The lowest BCUT2D eigenvalue weighted by Gasteiger charge is -2.21. The van der Waals surface area contributed by atoms with Crippen LogP contribution in [0.5, 0.6) is 0 Å². The number of anilines is 1. The molecule has 0 amide bonds. The SMILES string of the molecule is CCCN(C1CC1)S(=O)(=O)c1cccc(N)c1[N+](=O)[O-]. The smallest absolute Gasteiger partial charge is 0.312 e. The summed E-state index contributed by atoms with van der Waals surface area (Å²) in [6, 6.07) is 3.96. The van der Waals surface area contributed by atoms with Gasteiger partial charge in [-0.25, -0.2) is 8.42 Å². The first kappa shape index (κ1) is 14.7. The molecule has 0 radical (unpaired) electrons. The van der Waals surface area contributed by atoms with Gasteiger partial charge in [-0.3, -0.25) is 10.1 Å². The van der Waals surface area contributed by atoms with Gasteiger partial charge in [-0.15, -0.1) is 0 Å². The quantitative estimate of drug-likeness (QED) is 0.489. The van der Waals surface area contributed by atoms with Crippen LogP contribution in [-0.2, 0) is 10.0 Å². The standard InChI is InChI=1S/C12H17N3O4S/c1-2-8-14(9-6-7-9)20(18,19)11-5-3-4-10(13)12(11)15(16)17/h3-5,9H,2,6-8,13H2,1H3. The Kier molecular flexibility index (Phi) is 3.96. The fourth-order valence-electron chi connectivity index (χ4n) is 2.15. The monoisotopic (exact) mass is 299 g/mol. The average Bonchev–Trinajstić information content (AvgIpc) is 3.19. The fraction of sp³-hybridized carbons (Fsp3) is 0.500. The highest BCUT2D eigenvalue weighted by atomic mass is 32.2. The second-order valence-electron chi connectivity index (χ2n) is 4.80. The van der Waals surface area contributed by atoms with E-state index in [0.717, 1.165) is 12.8 Å². The lowest BCUT2D eigenvalue weighted by Crippen LogP contribution is -2.34. The highest BCUT2D eigenvalue weighted by Crippen LogP contribution is 2.37. The summed E-state index contributed by atoms with van der Waals surface area (Å²) < 4.78 is 26.7. The highest BCUT2D eigenvalue weighted by Gasteiger charge is 2.40. The Labute approximate surface area is 117 Å². The van der Waals surface area contributed by atoms with Crippen LogP contribution < -0.4 is 5.73 Å². The molecule has 2 rings (SSSR count). The predicted molar refractivity (Wildman–Crippen MR) is 74.7 cm³/mol. The van der Waals surface area contributed by atoms with E-state index in [1.165, 1.54) is 22.5 Å². The molecule has 0 aromatic heterocycles. The number of hydrogen-bond donors (Lipinski definition) is 1. The maximum atomic E-state index is 12.6. The van der Waals surface area contributed by atoms with Crippen molar-refractivity contribution in [3.05, 3.63) is 28.3 Å². The number of nitrogens with two attached hydrogens (primary N) is 1. The summed E-state index contributed by atoms with van der Waals surface area (Å²) in [7, 11) is -3.89. The van der Waals surface area contributed by atoms with Gasteiger partial charge >= 0.3 is 5.69 Å². The van der Waals surface area contributed by atoms with E-state index >= 15 is 0 Å². The Morgan fingerprint density at radius 1 is 1.45 bits per heavy atom. The summed E-state index contributed by atoms with van der Waals surface area (Å²) in [5.74, 6) is 0. The summed E-state index contributed by atoms with van der Waals surface area (Å²) >= 11 is 0. The van der Waals surface area contributed by atoms with Gasteiger partial charge in [0.25, 0.3) is 0 Å². The minimum absolute atomic E-state index is 0.0408. The molecular formula is C12H17N3O4S. The maximum Gasteiger partial charge on any atom is 0.312 e. The molecule has 20 heavy (non-hydrogen) atoms. The van der Waals surface area contributed by atoms with E-state index in [9.17, 15) is 18.5 Å². The Balaban J connectivity index is 2.53. The van der Waals surface area contributed by atoms with Crippen LogP contribution in [-0.4, -0.2) is 30.2 Å².